The minimum Gasteiger partial charge on any atom is -0.483 e. The van der Waals surface area contributed by atoms with Crippen LogP contribution in [-0.2, 0) is 15.7 Å². The van der Waals surface area contributed by atoms with Crippen molar-refractivity contribution in [2.45, 2.75) is 13.1 Å². The van der Waals surface area contributed by atoms with E-state index in [1.807, 2.05) is 4.90 Å². The molecule has 160 valence electrons. The predicted molar refractivity (Wildman–Crippen MR) is 105 cm³/mol. The summed E-state index contributed by atoms with van der Waals surface area (Å²) < 4.78 is 50.2. The molecule has 1 amide bonds. The van der Waals surface area contributed by atoms with Crippen LogP contribution in [0.3, 0.4) is 0 Å². The van der Waals surface area contributed by atoms with Crippen molar-refractivity contribution in [2.75, 3.05) is 43.1 Å². The summed E-state index contributed by atoms with van der Waals surface area (Å²) in [6, 6.07) is 9.68. The fourth-order valence-electron chi connectivity index (χ4n) is 3.11. The topological polar surface area (TPSA) is 67.9 Å². The Morgan fingerprint density at radius 1 is 1.13 bits per heavy atom. The van der Waals surface area contributed by atoms with E-state index in [0.717, 1.165) is 12.1 Å². The zero-order valence-corrected chi connectivity index (χ0v) is 16.3. The summed E-state index contributed by atoms with van der Waals surface area (Å²) in [6.07, 6.45) is -4.54. The van der Waals surface area contributed by atoms with Gasteiger partial charge in [-0.25, -0.2) is 0 Å². The van der Waals surface area contributed by atoms with E-state index < -0.39 is 24.3 Å². The van der Waals surface area contributed by atoms with E-state index in [9.17, 15) is 22.8 Å². The first-order valence-electron chi connectivity index (χ1n) is 9.32. The summed E-state index contributed by atoms with van der Waals surface area (Å²) in [5.74, 6) is -0.627. The molecule has 1 aliphatic rings. The van der Waals surface area contributed by atoms with E-state index in [2.05, 4.69) is 5.32 Å². The molecule has 30 heavy (non-hydrogen) atoms. The van der Waals surface area contributed by atoms with Crippen molar-refractivity contribution < 1.29 is 32.2 Å². The normalized spacial score (nSPS) is 14.3. The summed E-state index contributed by atoms with van der Waals surface area (Å²) in [4.78, 5) is 25.9. The lowest BCUT2D eigenvalue weighted by atomic mass is 10.1. The van der Waals surface area contributed by atoms with Crippen LogP contribution in [0, 0.1) is 0 Å². The Kier molecular flexibility index (Phi) is 6.61. The molecule has 0 bridgehead atoms. The van der Waals surface area contributed by atoms with E-state index in [0.29, 0.717) is 37.6 Å². The Morgan fingerprint density at radius 2 is 1.83 bits per heavy atom. The number of hydrogen-bond donors (Lipinski definition) is 1. The van der Waals surface area contributed by atoms with Crippen LogP contribution in [0.25, 0.3) is 0 Å². The van der Waals surface area contributed by atoms with Crippen molar-refractivity contribution in [1.29, 1.82) is 0 Å². The smallest absolute Gasteiger partial charge is 0.416 e. The molecule has 1 saturated heterocycles. The number of Topliss-reactive ketones (excluding diaryl/α,β-unsaturated/α-hetero) is 1. The third-order valence-electron chi connectivity index (χ3n) is 4.57. The molecule has 0 atom stereocenters. The number of ketones is 1. The molecule has 1 fully saturated rings. The number of carbonyl (C=O) groups is 2. The molecule has 0 spiro atoms. The van der Waals surface area contributed by atoms with Crippen molar-refractivity contribution in [3.8, 4) is 5.75 Å². The van der Waals surface area contributed by atoms with Crippen molar-refractivity contribution >= 4 is 23.1 Å². The molecule has 6 nitrogen and oxygen atoms in total. The van der Waals surface area contributed by atoms with Crippen LogP contribution < -0.4 is 15.0 Å². The van der Waals surface area contributed by atoms with E-state index in [4.69, 9.17) is 9.47 Å². The molecule has 0 unspecified atom stereocenters. The monoisotopic (exact) mass is 422 g/mol. The predicted octanol–water partition coefficient (Wildman–Crippen LogP) is 3.76. The van der Waals surface area contributed by atoms with Crippen LogP contribution in [0.15, 0.2) is 42.5 Å². The van der Waals surface area contributed by atoms with Gasteiger partial charge in [-0.05, 0) is 37.3 Å². The molecule has 0 aromatic heterocycles. The number of hydrogen-bond acceptors (Lipinski definition) is 5. The van der Waals surface area contributed by atoms with Crippen LogP contribution in [-0.4, -0.2) is 44.6 Å². The van der Waals surface area contributed by atoms with Crippen LogP contribution >= 0.6 is 0 Å². The van der Waals surface area contributed by atoms with Crippen molar-refractivity contribution in [1.82, 2.24) is 0 Å². The number of alkyl halides is 3. The Balaban J connectivity index is 1.78. The first-order valence-corrected chi connectivity index (χ1v) is 9.32. The summed E-state index contributed by atoms with van der Waals surface area (Å²) >= 11 is 0. The minimum atomic E-state index is -4.54. The van der Waals surface area contributed by atoms with Gasteiger partial charge in [0.2, 0.25) is 0 Å². The maximum absolute atomic E-state index is 13.2. The van der Waals surface area contributed by atoms with Gasteiger partial charge in [0.1, 0.15) is 5.75 Å². The lowest BCUT2D eigenvalue weighted by molar-refractivity contribution is -0.137. The first kappa shape index (κ1) is 21.6. The maximum atomic E-state index is 13.2. The Bertz CT molecular complexity index is 925. The van der Waals surface area contributed by atoms with E-state index in [-0.39, 0.29) is 17.2 Å². The van der Waals surface area contributed by atoms with Crippen molar-refractivity contribution in [3.63, 3.8) is 0 Å². The average molecular weight is 422 g/mol. The molecule has 1 N–H and O–H groups in total. The summed E-state index contributed by atoms with van der Waals surface area (Å²) in [6.45, 7) is 2.80. The highest BCUT2D eigenvalue weighted by Crippen LogP contribution is 2.35. The number of amides is 1. The highest BCUT2D eigenvalue weighted by atomic mass is 19.4. The standard InChI is InChI=1S/C21H21F3N2O4/c1-14(27)16-4-2-3-5-19(16)30-13-20(28)25-17-12-15(21(22,23)24)6-7-18(17)26-8-10-29-11-9-26/h2-7,12H,8-11,13H2,1H3,(H,25,28). The molecule has 2 aromatic carbocycles. The van der Waals surface area contributed by atoms with Crippen molar-refractivity contribution in [3.05, 3.63) is 53.6 Å². The Morgan fingerprint density at radius 3 is 2.50 bits per heavy atom. The van der Waals surface area contributed by atoms with Crippen LogP contribution in [0.2, 0.25) is 0 Å². The third-order valence-corrected chi connectivity index (χ3v) is 4.57. The number of nitrogens with zero attached hydrogens (tertiary/aromatic N) is 1. The van der Waals surface area contributed by atoms with Crippen molar-refractivity contribution in [2.24, 2.45) is 0 Å². The molecule has 0 saturated carbocycles. The molecular weight excluding hydrogens is 401 g/mol. The van der Waals surface area contributed by atoms with Crippen LogP contribution in [0.5, 0.6) is 5.75 Å². The third kappa shape index (κ3) is 5.29. The number of rotatable bonds is 6. The fourth-order valence-corrected chi connectivity index (χ4v) is 3.11. The van der Waals surface area contributed by atoms with Gasteiger partial charge in [0.25, 0.3) is 5.91 Å². The summed E-state index contributed by atoms with van der Waals surface area (Å²) in [7, 11) is 0. The highest BCUT2D eigenvalue weighted by Gasteiger charge is 2.32. The number of para-hydroxylation sites is 1. The van der Waals surface area contributed by atoms with Gasteiger partial charge in [0, 0.05) is 13.1 Å². The second-order valence-corrected chi connectivity index (χ2v) is 6.72. The zero-order chi connectivity index (χ0) is 21.7. The number of anilines is 2. The van der Waals surface area contributed by atoms with Gasteiger partial charge in [0.05, 0.1) is 35.7 Å². The Hall–Kier alpha value is -3.07. The highest BCUT2D eigenvalue weighted by molar-refractivity contribution is 5.98. The van der Waals surface area contributed by atoms with Crippen LogP contribution in [0.1, 0.15) is 22.8 Å². The average Bonchev–Trinajstić information content (AvgIpc) is 2.72. The summed E-state index contributed by atoms with van der Waals surface area (Å²) in [5, 5.41) is 2.51. The summed E-state index contributed by atoms with van der Waals surface area (Å²) in [5.41, 5.74) is -0.0278. The molecule has 0 aliphatic carbocycles. The second kappa shape index (κ2) is 9.17. The molecule has 1 heterocycles. The van der Waals surface area contributed by atoms with Crippen LogP contribution in [0.4, 0.5) is 24.5 Å². The van der Waals surface area contributed by atoms with E-state index in [1.165, 1.54) is 13.0 Å². The molecule has 2 aromatic rings. The zero-order valence-electron chi connectivity index (χ0n) is 16.3. The lowest BCUT2D eigenvalue weighted by Crippen LogP contribution is -2.37. The number of benzene rings is 2. The van der Waals surface area contributed by atoms with E-state index in [1.54, 1.807) is 24.3 Å². The van der Waals surface area contributed by atoms with E-state index >= 15 is 0 Å². The number of halogens is 3. The number of ether oxygens (including phenoxy) is 2. The molecule has 0 radical (unpaired) electrons. The molecule has 9 heteroatoms. The number of nitrogens with one attached hydrogen (secondary N) is 1. The SMILES string of the molecule is CC(=O)c1ccccc1OCC(=O)Nc1cc(C(F)(F)F)ccc1N1CCOCC1. The Labute approximate surface area is 171 Å². The van der Waals surface area contributed by atoms with Gasteiger partial charge in [-0.3, -0.25) is 9.59 Å². The largest absolute Gasteiger partial charge is 0.483 e. The number of morpholine rings is 1. The van der Waals surface area contributed by atoms with Gasteiger partial charge < -0.3 is 19.7 Å². The fraction of sp³-hybridized carbons (Fsp3) is 0.333. The van der Waals surface area contributed by atoms with Gasteiger partial charge >= 0.3 is 6.18 Å². The quantitative estimate of drug-likeness (QED) is 0.718. The molecule has 3 rings (SSSR count). The molecule has 1 aliphatic heterocycles. The van der Waals surface area contributed by atoms with Gasteiger partial charge in [-0.2, -0.15) is 13.2 Å². The first-order chi connectivity index (χ1) is 14.3. The minimum absolute atomic E-state index is 0.0418. The lowest BCUT2D eigenvalue weighted by Gasteiger charge is -2.31. The maximum Gasteiger partial charge on any atom is 0.416 e. The van der Waals surface area contributed by atoms with Gasteiger partial charge in [-0.15, -0.1) is 0 Å². The van der Waals surface area contributed by atoms with Gasteiger partial charge in [-0.1, -0.05) is 12.1 Å². The molecular formula is C21H21F3N2O4. The number of carbonyl (C=O) groups excluding carboxylic acids is 2. The van der Waals surface area contributed by atoms with Gasteiger partial charge in [0.15, 0.2) is 12.4 Å². The second-order valence-electron chi connectivity index (χ2n) is 6.72.